The monoisotopic (exact) mass is 362 g/mol. The van der Waals surface area contributed by atoms with Gasteiger partial charge in [-0.3, -0.25) is 9.59 Å². The highest BCUT2D eigenvalue weighted by Gasteiger charge is 2.43. The van der Waals surface area contributed by atoms with Gasteiger partial charge in [0.1, 0.15) is 5.60 Å². The van der Waals surface area contributed by atoms with Crippen molar-refractivity contribution >= 4 is 29.8 Å². The molecule has 1 N–H and O–H groups in total. The Bertz CT molecular complexity index is 545. The number of esters is 4. The molecule has 3 atom stereocenters. The second kappa shape index (κ2) is 9.00. The molecular formula is C15H22O10. The summed E-state index contributed by atoms with van der Waals surface area (Å²) in [5, 5.41) is 8.78. The molecule has 0 saturated carbocycles. The minimum Gasteiger partial charge on any atom is -0.479 e. The number of rotatable bonds is 7. The van der Waals surface area contributed by atoms with Crippen LogP contribution < -0.4 is 0 Å². The second-order valence-electron chi connectivity index (χ2n) is 6.01. The lowest BCUT2D eigenvalue weighted by atomic mass is 10.1. The Labute approximate surface area is 144 Å². The van der Waals surface area contributed by atoms with E-state index in [1.807, 2.05) is 0 Å². The van der Waals surface area contributed by atoms with Gasteiger partial charge in [0.15, 0.2) is 6.10 Å². The van der Waals surface area contributed by atoms with Crippen LogP contribution in [0.1, 0.15) is 41.5 Å². The van der Waals surface area contributed by atoms with Gasteiger partial charge in [0.2, 0.25) is 12.2 Å². The van der Waals surface area contributed by atoms with Gasteiger partial charge < -0.3 is 24.1 Å². The fraction of sp³-hybridized carbons (Fsp3) is 0.667. The maximum atomic E-state index is 12.2. The molecule has 0 aliphatic rings. The van der Waals surface area contributed by atoms with Crippen LogP contribution in [0.15, 0.2) is 0 Å². The van der Waals surface area contributed by atoms with Crippen LogP contribution in [0.2, 0.25) is 0 Å². The van der Waals surface area contributed by atoms with Crippen molar-refractivity contribution < 1.29 is 48.0 Å². The van der Waals surface area contributed by atoms with Gasteiger partial charge in [-0.05, 0) is 27.7 Å². The third-order valence-corrected chi connectivity index (χ3v) is 2.37. The second-order valence-corrected chi connectivity index (χ2v) is 6.01. The molecule has 10 heteroatoms. The van der Waals surface area contributed by atoms with Crippen LogP contribution in [0.25, 0.3) is 0 Å². The fourth-order valence-corrected chi connectivity index (χ4v) is 1.48. The summed E-state index contributed by atoms with van der Waals surface area (Å²) in [6.07, 6.45) is -5.55. The Balaban J connectivity index is 5.64. The largest absolute Gasteiger partial charge is 0.479 e. The molecule has 0 bridgehead atoms. The minimum atomic E-state index is -2.02. The summed E-state index contributed by atoms with van der Waals surface area (Å²) in [4.78, 5) is 57.6. The van der Waals surface area contributed by atoms with Crippen LogP contribution in [-0.2, 0) is 42.9 Å². The molecule has 0 aliphatic heterocycles. The Morgan fingerprint density at radius 2 is 1.20 bits per heavy atom. The smallest absolute Gasteiger partial charge is 0.352 e. The van der Waals surface area contributed by atoms with Crippen molar-refractivity contribution in [1.29, 1.82) is 0 Å². The lowest BCUT2D eigenvalue weighted by Crippen LogP contribution is -2.49. The molecule has 0 aromatic rings. The lowest BCUT2D eigenvalue weighted by Gasteiger charge is -2.27. The van der Waals surface area contributed by atoms with E-state index in [2.05, 4.69) is 4.74 Å². The number of hydrogen-bond acceptors (Lipinski definition) is 9. The molecule has 0 fully saturated rings. The number of ether oxygens (including phenoxy) is 4. The van der Waals surface area contributed by atoms with E-state index in [9.17, 15) is 24.0 Å². The normalized spacial score (nSPS) is 14.5. The molecule has 0 rings (SSSR count). The van der Waals surface area contributed by atoms with Crippen LogP contribution in [0.4, 0.5) is 0 Å². The number of carboxylic acids is 1. The van der Waals surface area contributed by atoms with Crippen molar-refractivity contribution in [1.82, 2.24) is 0 Å². The Hall–Kier alpha value is -2.65. The first kappa shape index (κ1) is 22.4. The van der Waals surface area contributed by atoms with Gasteiger partial charge in [0.05, 0.1) is 0 Å². The average Bonchev–Trinajstić information content (AvgIpc) is 2.39. The molecule has 10 nitrogen and oxygen atoms in total. The first-order valence-corrected chi connectivity index (χ1v) is 7.25. The average molecular weight is 362 g/mol. The first-order valence-electron chi connectivity index (χ1n) is 7.25. The van der Waals surface area contributed by atoms with Crippen molar-refractivity contribution in [3.05, 3.63) is 0 Å². The molecule has 0 aromatic heterocycles. The molecule has 0 saturated heterocycles. The van der Waals surface area contributed by atoms with E-state index in [-0.39, 0.29) is 0 Å². The zero-order valence-corrected chi connectivity index (χ0v) is 14.9. The molecule has 0 aromatic carbocycles. The van der Waals surface area contributed by atoms with Crippen molar-refractivity contribution in [2.24, 2.45) is 0 Å². The number of carbonyl (C=O) groups excluding carboxylic acids is 4. The van der Waals surface area contributed by atoms with Crippen LogP contribution in [0.5, 0.6) is 0 Å². The molecule has 25 heavy (non-hydrogen) atoms. The zero-order valence-electron chi connectivity index (χ0n) is 14.9. The number of carbonyl (C=O) groups is 5. The maximum Gasteiger partial charge on any atom is 0.352 e. The topological polar surface area (TPSA) is 142 Å². The van der Waals surface area contributed by atoms with Crippen LogP contribution in [-0.4, -0.2) is 58.9 Å². The predicted octanol–water partition coefficient (Wildman–Crippen LogP) is 0.208. The van der Waals surface area contributed by atoms with Crippen LogP contribution >= 0.6 is 0 Å². The highest BCUT2D eigenvalue weighted by atomic mass is 16.6. The van der Waals surface area contributed by atoms with Gasteiger partial charge in [-0.2, -0.15) is 0 Å². The summed E-state index contributed by atoms with van der Waals surface area (Å²) in [6.45, 7) is 7.55. The number of aliphatic carboxylic acids is 1. The van der Waals surface area contributed by atoms with E-state index in [0.29, 0.717) is 0 Å². The van der Waals surface area contributed by atoms with E-state index in [1.54, 1.807) is 0 Å². The van der Waals surface area contributed by atoms with Gasteiger partial charge in [-0.1, -0.05) is 0 Å². The quantitative estimate of drug-likeness (QED) is 0.493. The third-order valence-electron chi connectivity index (χ3n) is 2.37. The maximum absolute atomic E-state index is 12.2. The van der Waals surface area contributed by atoms with E-state index in [1.165, 1.54) is 20.8 Å². The van der Waals surface area contributed by atoms with Gasteiger partial charge in [0.25, 0.3) is 0 Å². The Kier molecular flexibility index (Phi) is 8.04. The Morgan fingerprint density at radius 1 is 0.800 bits per heavy atom. The van der Waals surface area contributed by atoms with Gasteiger partial charge in [0, 0.05) is 13.8 Å². The molecule has 142 valence electrons. The predicted molar refractivity (Wildman–Crippen MR) is 80.1 cm³/mol. The summed E-state index contributed by atoms with van der Waals surface area (Å²) in [5.74, 6) is -5.93. The van der Waals surface area contributed by atoms with E-state index >= 15 is 0 Å². The summed E-state index contributed by atoms with van der Waals surface area (Å²) in [7, 11) is 0. The summed E-state index contributed by atoms with van der Waals surface area (Å²) >= 11 is 0. The molecule has 0 aliphatic carbocycles. The van der Waals surface area contributed by atoms with Crippen LogP contribution in [0.3, 0.4) is 0 Å². The third kappa shape index (κ3) is 8.68. The highest BCUT2D eigenvalue weighted by molar-refractivity contribution is 5.90. The molecule has 0 spiro atoms. The van der Waals surface area contributed by atoms with E-state index < -0.39 is 53.8 Å². The zero-order chi connectivity index (χ0) is 19.9. The molecular weight excluding hydrogens is 340 g/mol. The van der Waals surface area contributed by atoms with Crippen molar-refractivity contribution in [2.75, 3.05) is 0 Å². The molecule has 0 amide bonds. The molecule has 3 unspecified atom stereocenters. The fourth-order valence-electron chi connectivity index (χ4n) is 1.48. The van der Waals surface area contributed by atoms with E-state index in [4.69, 9.17) is 19.3 Å². The van der Waals surface area contributed by atoms with Crippen LogP contribution in [0, 0.1) is 0 Å². The Morgan fingerprint density at radius 3 is 1.52 bits per heavy atom. The summed E-state index contributed by atoms with van der Waals surface area (Å²) < 4.78 is 19.1. The van der Waals surface area contributed by atoms with Gasteiger partial charge >= 0.3 is 29.8 Å². The van der Waals surface area contributed by atoms with E-state index in [0.717, 1.165) is 20.8 Å². The lowest BCUT2D eigenvalue weighted by molar-refractivity contribution is -0.197. The van der Waals surface area contributed by atoms with Crippen molar-refractivity contribution in [3.63, 3.8) is 0 Å². The summed E-state index contributed by atoms with van der Waals surface area (Å²) in [6, 6.07) is 0. The van der Waals surface area contributed by atoms with Gasteiger partial charge in [-0.15, -0.1) is 0 Å². The number of hydrogen-bond donors (Lipinski definition) is 1. The SMILES string of the molecule is CC(=O)OC(C(=O)OC(C)C(=O)O)C(OC(C)=O)C(=O)OC(C)(C)C. The van der Waals surface area contributed by atoms with Crippen molar-refractivity contribution in [3.8, 4) is 0 Å². The van der Waals surface area contributed by atoms with Crippen molar-refractivity contribution in [2.45, 2.75) is 65.5 Å². The standard InChI is InChI=1S/C15H22O10/c1-7(12(18)19)22-13(20)10(23-8(2)16)11(24-9(3)17)14(21)25-15(4,5)6/h7,10-11H,1-6H3,(H,18,19). The first-order chi connectivity index (χ1) is 11.2. The summed E-state index contributed by atoms with van der Waals surface area (Å²) in [5.41, 5.74) is -0.992. The minimum absolute atomic E-state index is 0.945. The highest BCUT2D eigenvalue weighted by Crippen LogP contribution is 2.16. The molecule has 0 heterocycles. The molecule has 0 radical (unpaired) electrons. The van der Waals surface area contributed by atoms with Gasteiger partial charge in [-0.25, -0.2) is 14.4 Å². The number of carboxylic acid groups (broad SMARTS) is 1.